The lowest BCUT2D eigenvalue weighted by molar-refractivity contribution is 0.407. The van der Waals surface area contributed by atoms with Crippen LogP contribution in [0.2, 0.25) is 0 Å². The Bertz CT molecular complexity index is 468. The number of nitrogens with zero attached hydrogens (tertiary/aromatic N) is 4. The van der Waals surface area contributed by atoms with Crippen LogP contribution in [-0.2, 0) is 13.0 Å². The molecule has 1 aromatic carbocycles. The van der Waals surface area contributed by atoms with Crippen LogP contribution in [0, 0.1) is 0 Å². The van der Waals surface area contributed by atoms with Crippen molar-refractivity contribution in [2.45, 2.75) is 13.0 Å². The number of tetrazole rings is 1. The summed E-state index contributed by atoms with van der Waals surface area (Å²) >= 11 is 0. The van der Waals surface area contributed by atoms with E-state index in [-0.39, 0.29) is 0 Å². The average Bonchev–Trinajstić information content (AvgIpc) is 2.72. The maximum atomic E-state index is 5.57. The summed E-state index contributed by atoms with van der Waals surface area (Å²) in [6.45, 7) is 0.638. The minimum Gasteiger partial charge on any atom is -0.496 e. The van der Waals surface area contributed by atoms with E-state index in [1.165, 1.54) is 0 Å². The van der Waals surface area contributed by atoms with Gasteiger partial charge >= 0.3 is 0 Å². The topological polar surface area (TPSA) is 78.8 Å². The third-order valence-electron chi connectivity index (χ3n) is 2.35. The molecule has 0 amide bonds. The second kappa shape index (κ2) is 4.61. The van der Waals surface area contributed by atoms with Crippen molar-refractivity contribution in [1.29, 1.82) is 0 Å². The summed E-state index contributed by atoms with van der Waals surface area (Å²) in [5.41, 5.74) is 6.68. The predicted octanol–water partition coefficient (Wildman–Crippen LogP) is 0.507. The molecular formula is C10H13N5O. The number of nitrogen functional groups attached to an aromatic ring is 1. The molecule has 0 unspecified atom stereocenters. The van der Waals surface area contributed by atoms with Gasteiger partial charge in [-0.3, -0.25) is 0 Å². The van der Waals surface area contributed by atoms with E-state index in [1.807, 2.05) is 24.3 Å². The Balaban J connectivity index is 2.07. The zero-order valence-electron chi connectivity index (χ0n) is 9.00. The van der Waals surface area contributed by atoms with Crippen LogP contribution in [0.25, 0.3) is 0 Å². The summed E-state index contributed by atoms with van der Waals surface area (Å²) in [5.74, 6) is 1.20. The quantitative estimate of drug-likeness (QED) is 0.810. The Kier molecular flexibility index (Phi) is 3.00. The fraction of sp³-hybridized carbons (Fsp3) is 0.300. The van der Waals surface area contributed by atoms with E-state index in [0.717, 1.165) is 17.7 Å². The Hall–Kier alpha value is -2.11. The minimum atomic E-state index is 0.329. The Morgan fingerprint density at radius 2 is 2.19 bits per heavy atom. The minimum absolute atomic E-state index is 0.329. The number of para-hydroxylation sites is 1. The van der Waals surface area contributed by atoms with Crippen molar-refractivity contribution in [3.63, 3.8) is 0 Å². The maximum Gasteiger partial charge on any atom is 0.240 e. The first kappa shape index (κ1) is 10.4. The van der Waals surface area contributed by atoms with Gasteiger partial charge < -0.3 is 10.5 Å². The molecular weight excluding hydrogens is 206 g/mol. The molecule has 84 valence electrons. The normalized spacial score (nSPS) is 10.3. The van der Waals surface area contributed by atoms with Gasteiger partial charge in [-0.15, -0.1) is 0 Å². The summed E-state index contributed by atoms with van der Waals surface area (Å²) in [5, 5.41) is 10.9. The molecule has 0 saturated heterocycles. The molecule has 0 bridgehead atoms. The van der Waals surface area contributed by atoms with E-state index in [1.54, 1.807) is 11.8 Å². The maximum absolute atomic E-state index is 5.57. The summed E-state index contributed by atoms with van der Waals surface area (Å²) in [6, 6.07) is 7.85. The van der Waals surface area contributed by atoms with E-state index < -0.39 is 0 Å². The van der Waals surface area contributed by atoms with Gasteiger partial charge in [0.25, 0.3) is 0 Å². The van der Waals surface area contributed by atoms with Crippen LogP contribution in [0.5, 0.6) is 5.75 Å². The van der Waals surface area contributed by atoms with Gasteiger partial charge in [0, 0.05) is 0 Å². The Morgan fingerprint density at radius 1 is 1.38 bits per heavy atom. The molecule has 0 spiro atoms. The molecule has 0 aliphatic rings. The van der Waals surface area contributed by atoms with Crippen LogP contribution in [0.4, 0.5) is 5.95 Å². The van der Waals surface area contributed by atoms with Crippen LogP contribution in [0.15, 0.2) is 24.3 Å². The summed E-state index contributed by atoms with van der Waals surface area (Å²) in [4.78, 5) is 0. The molecule has 0 aliphatic heterocycles. The van der Waals surface area contributed by atoms with E-state index >= 15 is 0 Å². The zero-order valence-corrected chi connectivity index (χ0v) is 9.00. The molecule has 0 radical (unpaired) electrons. The van der Waals surface area contributed by atoms with Crippen LogP contribution in [-0.4, -0.2) is 27.3 Å². The van der Waals surface area contributed by atoms with Crippen LogP contribution < -0.4 is 10.5 Å². The molecule has 0 saturated carbocycles. The monoisotopic (exact) mass is 219 g/mol. The fourth-order valence-corrected chi connectivity index (χ4v) is 1.51. The highest BCUT2D eigenvalue weighted by atomic mass is 16.5. The number of methoxy groups -OCH3 is 1. The van der Waals surface area contributed by atoms with Gasteiger partial charge in [0.2, 0.25) is 5.95 Å². The molecule has 6 nitrogen and oxygen atoms in total. The highest BCUT2D eigenvalue weighted by Gasteiger charge is 2.04. The van der Waals surface area contributed by atoms with Crippen molar-refractivity contribution in [3.8, 4) is 5.75 Å². The number of aryl methyl sites for hydroxylation is 2. The van der Waals surface area contributed by atoms with E-state index in [0.29, 0.717) is 12.5 Å². The van der Waals surface area contributed by atoms with Crippen LogP contribution in [0.3, 0.4) is 0 Å². The fourth-order valence-electron chi connectivity index (χ4n) is 1.51. The summed E-state index contributed by atoms with van der Waals surface area (Å²) in [6.07, 6.45) is 0.777. The van der Waals surface area contributed by atoms with Gasteiger partial charge in [-0.1, -0.05) is 23.3 Å². The number of hydrogen-bond donors (Lipinski definition) is 1. The predicted molar refractivity (Wildman–Crippen MR) is 58.9 cm³/mol. The SMILES string of the molecule is COc1ccccc1CCn1nnnc1N. The van der Waals surface area contributed by atoms with Gasteiger partial charge in [-0.25, -0.2) is 4.68 Å². The number of nitrogens with two attached hydrogens (primary N) is 1. The molecule has 1 aromatic heterocycles. The third-order valence-corrected chi connectivity index (χ3v) is 2.35. The first-order chi connectivity index (χ1) is 7.81. The molecule has 0 aliphatic carbocycles. The lowest BCUT2D eigenvalue weighted by Gasteiger charge is -2.07. The average molecular weight is 219 g/mol. The number of hydrogen-bond acceptors (Lipinski definition) is 5. The summed E-state index contributed by atoms with van der Waals surface area (Å²) < 4.78 is 6.82. The van der Waals surface area contributed by atoms with Crippen LogP contribution in [0.1, 0.15) is 5.56 Å². The highest BCUT2D eigenvalue weighted by molar-refractivity contribution is 5.33. The van der Waals surface area contributed by atoms with Crippen LogP contribution >= 0.6 is 0 Å². The van der Waals surface area contributed by atoms with E-state index in [2.05, 4.69) is 15.5 Å². The first-order valence-electron chi connectivity index (χ1n) is 4.95. The largest absolute Gasteiger partial charge is 0.496 e. The van der Waals surface area contributed by atoms with Gasteiger partial charge in [0.05, 0.1) is 13.7 Å². The highest BCUT2D eigenvalue weighted by Crippen LogP contribution is 2.18. The van der Waals surface area contributed by atoms with Gasteiger partial charge in [0.15, 0.2) is 0 Å². The van der Waals surface area contributed by atoms with E-state index in [4.69, 9.17) is 10.5 Å². The van der Waals surface area contributed by atoms with Crippen molar-refractivity contribution in [2.75, 3.05) is 12.8 Å². The standard InChI is InChI=1S/C10H13N5O/c1-16-9-5-3-2-4-8(9)6-7-15-10(11)12-13-14-15/h2-5H,6-7H2,1H3,(H2,11,12,14). The molecule has 16 heavy (non-hydrogen) atoms. The summed E-state index contributed by atoms with van der Waals surface area (Å²) in [7, 11) is 1.66. The number of anilines is 1. The molecule has 2 aromatic rings. The van der Waals surface area contributed by atoms with Gasteiger partial charge in [-0.2, -0.15) is 0 Å². The molecule has 6 heteroatoms. The number of rotatable bonds is 4. The Labute approximate surface area is 93.0 Å². The lowest BCUT2D eigenvalue weighted by Crippen LogP contribution is -2.08. The Morgan fingerprint density at radius 3 is 2.88 bits per heavy atom. The van der Waals surface area contributed by atoms with Gasteiger partial charge in [0.1, 0.15) is 5.75 Å². The first-order valence-corrected chi connectivity index (χ1v) is 4.95. The van der Waals surface area contributed by atoms with Crippen molar-refractivity contribution < 1.29 is 4.74 Å². The van der Waals surface area contributed by atoms with Crippen molar-refractivity contribution in [2.24, 2.45) is 0 Å². The molecule has 0 atom stereocenters. The number of ether oxygens (including phenoxy) is 1. The molecule has 2 N–H and O–H groups in total. The molecule has 2 rings (SSSR count). The van der Waals surface area contributed by atoms with Gasteiger partial charge in [-0.05, 0) is 28.5 Å². The van der Waals surface area contributed by atoms with Crippen molar-refractivity contribution in [1.82, 2.24) is 20.2 Å². The molecule has 1 heterocycles. The number of aromatic nitrogens is 4. The smallest absolute Gasteiger partial charge is 0.240 e. The second-order valence-electron chi connectivity index (χ2n) is 3.32. The third kappa shape index (κ3) is 2.10. The number of benzene rings is 1. The zero-order chi connectivity index (χ0) is 11.4. The van der Waals surface area contributed by atoms with E-state index in [9.17, 15) is 0 Å². The lowest BCUT2D eigenvalue weighted by atomic mass is 10.1. The van der Waals surface area contributed by atoms with Crippen molar-refractivity contribution in [3.05, 3.63) is 29.8 Å². The second-order valence-corrected chi connectivity index (χ2v) is 3.32. The van der Waals surface area contributed by atoms with Crippen molar-refractivity contribution >= 4 is 5.95 Å². The molecule has 0 fully saturated rings.